The van der Waals surface area contributed by atoms with Gasteiger partial charge in [0.25, 0.3) is 5.91 Å². The van der Waals surface area contributed by atoms with Crippen LogP contribution in [0.1, 0.15) is 22.0 Å². The maximum absolute atomic E-state index is 12.1. The van der Waals surface area contributed by atoms with Crippen LogP contribution in [0, 0.1) is 0 Å². The van der Waals surface area contributed by atoms with Crippen molar-refractivity contribution in [2.24, 2.45) is 0 Å². The van der Waals surface area contributed by atoms with Gasteiger partial charge >= 0.3 is 0 Å². The van der Waals surface area contributed by atoms with Crippen molar-refractivity contribution >= 4 is 5.91 Å². The van der Waals surface area contributed by atoms with E-state index in [4.69, 9.17) is 4.74 Å². The molecule has 22 heavy (non-hydrogen) atoms. The van der Waals surface area contributed by atoms with Gasteiger partial charge in [0, 0.05) is 18.9 Å². The van der Waals surface area contributed by atoms with Crippen LogP contribution in [0.4, 0.5) is 0 Å². The molecule has 1 unspecified atom stereocenters. The van der Waals surface area contributed by atoms with E-state index in [0.29, 0.717) is 12.1 Å². The molecule has 0 radical (unpaired) electrons. The number of nitrogens with one attached hydrogen (secondary N) is 1. The first-order chi connectivity index (χ1) is 10.6. The van der Waals surface area contributed by atoms with Crippen molar-refractivity contribution in [2.75, 3.05) is 27.7 Å². The molecule has 1 amide bonds. The summed E-state index contributed by atoms with van der Waals surface area (Å²) < 4.78 is 5.27. The first-order valence-corrected chi connectivity index (χ1v) is 7.10. The highest BCUT2D eigenvalue weighted by Crippen LogP contribution is 2.22. The molecule has 0 aliphatic rings. The van der Waals surface area contributed by atoms with Gasteiger partial charge in [0.05, 0.1) is 18.7 Å². The summed E-state index contributed by atoms with van der Waals surface area (Å²) in [6.07, 6.45) is 3.21. The SMILES string of the molecule is COc1cccc(C(CNC(=O)c2cccnc2)N(C)C)c1. The predicted molar refractivity (Wildman–Crippen MR) is 86.0 cm³/mol. The molecule has 0 bridgehead atoms. The molecule has 5 heteroatoms. The van der Waals surface area contributed by atoms with Crippen molar-refractivity contribution < 1.29 is 9.53 Å². The number of carbonyl (C=O) groups is 1. The lowest BCUT2D eigenvalue weighted by Gasteiger charge is -2.25. The van der Waals surface area contributed by atoms with E-state index < -0.39 is 0 Å². The lowest BCUT2D eigenvalue weighted by atomic mass is 10.1. The maximum Gasteiger partial charge on any atom is 0.252 e. The minimum absolute atomic E-state index is 0.0655. The molecule has 116 valence electrons. The van der Waals surface area contributed by atoms with E-state index in [1.807, 2.05) is 38.4 Å². The number of methoxy groups -OCH3 is 1. The number of benzene rings is 1. The van der Waals surface area contributed by atoms with Crippen LogP contribution in [0.25, 0.3) is 0 Å². The molecule has 5 nitrogen and oxygen atoms in total. The lowest BCUT2D eigenvalue weighted by molar-refractivity contribution is 0.0941. The third-order valence-electron chi connectivity index (χ3n) is 3.48. The number of ether oxygens (including phenoxy) is 1. The number of likely N-dealkylation sites (N-methyl/N-ethyl adjacent to an activating group) is 1. The summed E-state index contributed by atoms with van der Waals surface area (Å²) in [6.45, 7) is 0.508. The van der Waals surface area contributed by atoms with Crippen molar-refractivity contribution in [3.63, 3.8) is 0 Å². The average Bonchev–Trinajstić information content (AvgIpc) is 2.55. The fourth-order valence-corrected chi connectivity index (χ4v) is 2.24. The highest BCUT2D eigenvalue weighted by atomic mass is 16.5. The minimum Gasteiger partial charge on any atom is -0.497 e. The van der Waals surface area contributed by atoms with E-state index in [2.05, 4.69) is 15.2 Å². The topological polar surface area (TPSA) is 54.5 Å². The number of hydrogen-bond donors (Lipinski definition) is 1. The Balaban J connectivity index is 2.07. The van der Waals surface area contributed by atoms with E-state index in [1.54, 1.807) is 31.6 Å². The van der Waals surface area contributed by atoms with Gasteiger partial charge in [-0.15, -0.1) is 0 Å². The molecule has 1 atom stereocenters. The van der Waals surface area contributed by atoms with Crippen LogP contribution in [-0.4, -0.2) is 43.5 Å². The summed E-state index contributed by atoms with van der Waals surface area (Å²) >= 11 is 0. The van der Waals surface area contributed by atoms with Gasteiger partial charge in [0.2, 0.25) is 0 Å². The molecule has 2 rings (SSSR count). The number of amides is 1. The second-order valence-corrected chi connectivity index (χ2v) is 5.21. The Morgan fingerprint density at radius 3 is 2.77 bits per heavy atom. The minimum atomic E-state index is -0.122. The van der Waals surface area contributed by atoms with Gasteiger partial charge < -0.3 is 15.0 Å². The molecule has 0 fully saturated rings. The van der Waals surface area contributed by atoms with Crippen molar-refractivity contribution in [3.05, 3.63) is 59.9 Å². The number of rotatable bonds is 6. The van der Waals surface area contributed by atoms with E-state index >= 15 is 0 Å². The zero-order chi connectivity index (χ0) is 15.9. The summed E-state index contributed by atoms with van der Waals surface area (Å²) in [5.41, 5.74) is 1.65. The van der Waals surface area contributed by atoms with E-state index in [-0.39, 0.29) is 11.9 Å². The molecule has 2 aromatic rings. The summed E-state index contributed by atoms with van der Waals surface area (Å²) in [5.74, 6) is 0.686. The smallest absolute Gasteiger partial charge is 0.252 e. The van der Waals surface area contributed by atoms with Gasteiger partial charge in [0.15, 0.2) is 0 Å². The summed E-state index contributed by atoms with van der Waals surface area (Å²) in [7, 11) is 5.62. The molecule has 0 aliphatic heterocycles. The Kier molecular flexibility index (Phi) is 5.49. The van der Waals surface area contributed by atoms with Gasteiger partial charge in [-0.2, -0.15) is 0 Å². The van der Waals surface area contributed by atoms with Gasteiger partial charge in [-0.3, -0.25) is 9.78 Å². The van der Waals surface area contributed by atoms with E-state index in [0.717, 1.165) is 11.3 Å². The quantitative estimate of drug-likeness (QED) is 0.888. The number of nitrogens with zero attached hydrogens (tertiary/aromatic N) is 2. The van der Waals surface area contributed by atoms with E-state index in [1.165, 1.54) is 0 Å². The highest BCUT2D eigenvalue weighted by molar-refractivity contribution is 5.93. The summed E-state index contributed by atoms with van der Waals surface area (Å²) in [5, 5.41) is 2.95. The van der Waals surface area contributed by atoms with Crippen LogP contribution in [0.2, 0.25) is 0 Å². The molecule has 0 spiro atoms. The van der Waals surface area contributed by atoms with Crippen LogP contribution in [0.15, 0.2) is 48.8 Å². The van der Waals surface area contributed by atoms with Crippen LogP contribution in [0.3, 0.4) is 0 Å². The molecular weight excluding hydrogens is 278 g/mol. The number of carbonyl (C=O) groups excluding carboxylic acids is 1. The fraction of sp³-hybridized carbons (Fsp3) is 0.294. The molecule has 1 heterocycles. The normalized spacial score (nSPS) is 12.0. The Labute approximate surface area is 130 Å². The third-order valence-corrected chi connectivity index (χ3v) is 3.48. The fourth-order valence-electron chi connectivity index (χ4n) is 2.24. The largest absolute Gasteiger partial charge is 0.497 e. The van der Waals surface area contributed by atoms with Crippen molar-refractivity contribution in [3.8, 4) is 5.75 Å². The van der Waals surface area contributed by atoms with Crippen molar-refractivity contribution in [1.82, 2.24) is 15.2 Å². The predicted octanol–water partition coefficient (Wildman–Crippen LogP) is 2.12. The first-order valence-electron chi connectivity index (χ1n) is 7.10. The molecular formula is C17H21N3O2. The molecule has 0 saturated carbocycles. The average molecular weight is 299 g/mol. The van der Waals surface area contributed by atoms with Crippen molar-refractivity contribution in [2.45, 2.75) is 6.04 Å². The third kappa shape index (κ3) is 4.05. The summed E-state index contributed by atoms with van der Waals surface area (Å²) in [4.78, 5) is 18.2. The Morgan fingerprint density at radius 1 is 1.32 bits per heavy atom. The molecule has 1 aromatic carbocycles. The Hall–Kier alpha value is -2.40. The molecule has 1 aromatic heterocycles. The second kappa shape index (κ2) is 7.56. The van der Waals surface area contributed by atoms with Crippen LogP contribution < -0.4 is 10.1 Å². The number of hydrogen-bond acceptors (Lipinski definition) is 4. The van der Waals surface area contributed by atoms with Gasteiger partial charge in [-0.1, -0.05) is 12.1 Å². The zero-order valence-electron chi connectivity index (χ0n) is 13.1. The zero-order valence-corrected chi connectivity index (χ0v) is 13.1. The Morgan fingerprint density at radius 2 is 2.14 bits per heavy atom. The highest BCUT2D eigenvalue weighted by Gasteiger charge is 2.16. The van der Waals surface area contributed by atoms with E-state index in [9.17, 15) is 4.79 Å². The van der Waals surface area contributed by atoms with Gasteiger partial charge in [0.1, 0.15) is 5.75 Å². The van der Waals surface area contributed by atoms with Crippen LogP contribution in [0.5, 0.6) is 5.75 Å². The van der Waals surface area contributed by atoms with Crippen LogP contribution >= 0.6 is 0 Å². The van der Waals surface area contributed by atoms with Crippen LogP contribution in [-0.2, 0) is 0 Å². The maximum atomic E-state index is 12.1. The first kappa shape index (κ1) is 16.0. The standard InChI is InChI=1S/C17H21N3O2/c1-20(2)16(13-6-4-8-15(10-13)22-3)12-19-17(21)14-7-5-9-18-11-14/h4-11,16H,12H2,1-3H3,(H,19,21). The molecule has 0 saturated heterocycles. The second-order valence-electron chi connectivity index (χ2n) is 5.21. The lowest BCUT2D eigenvalue weighted by Crippen LogP contribution is -2.34. The number of pyridine rings is 1. The van der Waals surface area contributed by atoms with Crippen molar-refractivity contribution in [1.29, 1.82) is 0 Å². The molecule has 1 N–H and O–H groups in total. The van der Waals surface area contributed by atoms with Gasteiger partial charge in [-0.05, 0) is 43.9 Å². The molecule has 0 aliphatic carbocycles. The number of aromatic nitrogens is 1. The monoisotopic (exact) mass is 299 g/mol. The van der Waals surface area contributed by atoms with Gasteiger partial charge in [-0.25, -0.2) is 0 Å². The Bertz CT molecular complexity index is 614. The summed E-state index contributed by atoms with van der Waals surface area (Å²) in [6, 6.07) is 11.4.